The van der Waals surface area contributed by atoms with Gasteiger partial charge in [-0.2, -0.15) is 0 Å². The Kier molecular flexibility index (Phi) is 6.34. The van der Waals surface area contributed by atoms with Crippen LogP contribution in [0, 0.1) is 11.3 Å². The summed E-state index contributed by atoms with van der Waals surface area (Å²) in [7, 11) is 0. The van der Waals surface area contributed by atoms with Gasteiger partial charge in [0.1, 0.15) is 0 Å². The summed E-state index contributed by atoms with van der Waals surface area (Å²) in [5.41, 5.74) is 0.596. The number of rotatable bonds is 6. The SMILES string of the molecule is CCNC(=NCc1cccs1)NCC1(C2CC2)CCC1.I. The molecular formula is C16H26IN3S. The molecule has 2 aliphatic carbocycles. The summed E-state index contributed by atoms with van der Waals surface area (Å²) >= 11 is 1.77. The van der Waals surface area contributed by atoms with Crippen LogP contribution in [-0.4, -0.2) is 19.0 Å². The molecule has 1 heterocycles. The third kappa shape index (κ3) is 4.34. The second kappa shape index (κ2) is 7.81. The molecule has 0 saturated heterocycles. The topological polar surface area (TPSA) is 36.4 Å². The summed E-state index contributed by atoms with van der Waals surface area (Å²) in [6.45, 7) is 4.94. The smallest absolute Gasteiger partial charge is 0.191 e. The summed E-state index contributed by atoms with van der Waals surface area (Å²) in [6, 6.07) is 4.24. The van der Waals surface area contributed by atoms with Crippen molar-refractivity contribution < 1.29 is 0 Å². The average Bonchev–Trinajstić information content (AvgIpc) is 3.11. The van der Waals surface area contributed by atoms with Crippen LogP contribution in [0.5, 0.6) is 0 Å². The summed E-state index contributed by atoms with van der Waals surface area (Å²) in [5, 5.41) is 9.07. The zero-order valence-electron chi connectivity index (χ0n) is 12.7. The Bertz CT molecular complexity index is 450. The Morgan fingerprint density at radius 1 is 1.38 bits per heavy atom. The molecule has 118 valence electrons. The second-order valence-electron chi connectivity index (χ2n) is 6.12. The molecule has 2 N–H and O–H groups in total. The molecular weight excluding hydrogens is 393 g/mol. The Balaban J connectivity index is 0.00000161. The third-order valence-electron chi connectivity index (χ3n) is 4.72. The van der Waals surface area contributed by atoms with Crippen LogP contribution in [0.25, 0.3) is 0 Å². The highest BCUT2D eigenvalue weighted by molar-refractivity contribution is 14.0. The zero-order chi connectivity index (χ0) is 13.8. The van der Waals surface area contributed by atoms with Crippen molar-refractivity contribution in [1.82, 2.24) is 10.6 Å². The Morgan fingerprint density at radius 3 is 2.71 bits per heavy atom. The van der Waals surface area contributed by atoms with E-state index in [-0.39, 0.29) is 24.0 Å². The number of nitrogens with zero attached hydrogens (tertiary/aromatic N) is 1. The minimum Gasteiger partial charge on any atom is -0.357 e. The maximum atomic E-state index is 4.70. The Morgan fingerprint density at radius 2 is 2.19 bits per heavy atom. The van der Waals surface area contributed by atoms with Crippen molar-refractivity contribution in [2.75, 3.05) is 13.1 Å². The maximum Gasteiger partial charge on any atom is 0.191 e. The van der Waals surface area contributed by atoms with E-state index in [0.717, 1.165) is 31.5 Å². The standard InChI is InChI=1S/C16H25N3S.HI/c1-2-17-15(18-11-14-5-3-10-20-14)19-12-16(8-4-9-16)13-6-7-13;/h3,5,10,13H,2,4,6-9,11-12H2,1H3,(H2,17,18,19);1H. The Labute approximate surface area is 149 Å². The van der Waals surface area contributed by atoms with Crippen molar-refractivity contribution in [2.45, 2.75) is 45.6 Å². The summed E-state index contributed by atoms with van der Waals surface area (Å²) < 4.78 is 0. The lowest BCUT2D eigenvalue weighted by Gasteiger charge is -2.43. The van der Waals surface area contributed by atoms with Gasteiger partial charge in [0.05, 0.1) is 6.54 Å². The molecule has 1 aromatic rings. The molecule has 3 nitrogen and oxygen atoms in total. The van der Waals surface area contributed by atoms with Crippen LogP contribution in [0.1, 0.15) is 43.9 Å². The first-order valence-corrected chi connectivity index (χ1v) is 8.75. The van der Waals surface area contributed by atoms with Gasteiger partial charge in [0, 0.05) is 18.0 Å². The fourth-order valence-electron chi connectivity index (χ4n) is 3.22. The van der Waals surface area contributed by atoms with Gasteiger partial charge in [-0.1, -0.05) is 12.5 Å². The normalized spacial score (nSPS) is 20.3. The van der Waals surface area contributed by atoms with E-state index < -0.39 is 0 Å². The van der Waals surface area contributed by atoms with Crippen molar-refractivity contribution in [3.63, 3.8) is 0 Å². The number of aliphatic imine (C=N–C) groups is 1. The second-order valence-corrected chi connectivity index (χ2v) is 7.15. The van der Waals surface area contributed by atoms with Crippen molar-refractivity contribution >= 4 is 41.3 Å². The first kappa shape index (κ1) is 17.1. The lowest BCUT2D eigenvalue weighted by Crippen LogP contribution is -2.47. The van der Waals surface area contributed by atoms with E-state index in [1.165, 1.54) is 37.0 Å². The minimum atomic E-state index is 0. The fourth-order valence-corrected chi connectivity index (χ4v) is 3.85. The lowest BCUT2D eigenvalue weighted by molar-refractivity contribution is 0.106. The quantitative estimate of drug-likeness (QED) is 0.416. The van der Waals surface area contributed by atoms with Crippen LogP contribution < -0.4 is 10.6 Å². The molecule has 21 heavy (non-hydrogen) atoms. The van der Waals surface area contributed by atoms with Crippen molar-refractivity contribution in [3.05, 3.63) is 22.4 Å². The number of nitrogens with one attached hydrogen (secondary N) is 2. The summed E-state index contributed by atoms with van der Waals surface area (Å²) in [6.07, 6.45) is 7.14. The highest BCUT2D eigenvalue weighted by Gasteiger charge is 2.48. The van der Waals surface area contributed by atoms with E-state index >= 15 is 0 Å². The summed E-state index contributed by atoms with van der Waals surface area (Å²) in [4.78, 5) is 6.02. The van der Waals surface area contributed by atoms with Crippen LogP contribution in [0.2, 0.25) is 0 Å². The van der Waals surface area contributed by atoms with Crippen molar-refractivity contribution in [1.29, 1.82) is 0 Å². The van der Waals surface area contributed by atoms with E-state index in [9.17, 15) is 0 Å². The number of hydrogen-bond donors (Lipinski definition) is 2. The molecule has 0 spiro atoms. The molecule has 2 fully saturated rings. The molecule has 0 radical (unpaired) electrons. The van der Waals surface area contributed by atoms with Crippen molar-refractivity contribution in [2.24, 2.45) is 16.3 Å². The largest absolute Gasteiger partial charge is 0.357 e. The van der Waals surface area contributed by atoms with Gasteiger partial charge in [0.2, 0.25) is 0 Å². The van der Waals surface area contributed by atoms with Crippen LogP contribution >= 0.6 is 35.3 Å². The molecule has 0 atom stereocenters. The van der Waals surface area contributed by atoms with E-state index in [1.54, 1.807) is 11.3 Å². The lowest BCUT2D eigenvalue weighted by atomic mass is 9.65. The number of thiophene rings is 1. The van der Waals surface area contributed by atoms with E-state index in [1.807, 2.05) is 0 Å². The van der Waals surface area contributed by atoms with Gasteiger partial charge in [-0.3, -0.25) is 0 Å². The van der Waals surface area contributed by atoms with Crippen LogP contribution in [0.3, 0.4) is 0 Å². The Hall–Kier alpha value is -0.300. The van der Waals surface area contributed by atoms with Gasteiger partial charge in [-0.05, 0) is 55.4 Å². The predicted molar refractivity (Wildman–Crippen MR) is 102 cm³/mol. The summed E-state index contributed by atoms with van der Waals surface area (Å²) in [5.74, 6) is 1.97. The van der Waals surface area contributed by atoms with Gasteiger partial charge in [0.25, 0.3) is 0 Å². The molecule has 0 amide bonds. The first-order chi connectivity index (χ1) is 9.82. The number of guanidine groups is 1. The highest BCUT2D eigenvalue weighted by Crippen LogP contribution is 2.56. The molecule has 3 rings (SSSR count). The van der Waals surface area contributed by atoms with E-state index in [4.69, 9.17) is 4.99 Å². The third-order valence-corrected chi connectivity index (χ3v) is 5.58. The molecule has 5 heteroatoms. The van der Waals surface area contributed by atoms with E-state index in [0.29, 0.717) is 5.41 Å². The monoisotopic (exact) mass is 419 g/mol. The van der Waals surface area contributed by atoms with Gasteiger partial charge in [-0.15, -0.1) is 35.3 Å². The van der Waals surface area contributed by atoms with Crippen molar-refractivity contribution in [3.8, 4) is 0 Å². The average molecular weight is 419 g/mol. The number of hydrogen-bond acceptors (Lipinski definition) is 2. The molecule has 0 unspecified atom stereocenters. The first-order valence-electron chi connectivity index (χ1n) is 7.87. The molecule has 2 saturated carbocycles. The molecule has 0 aliphatic heterocycles. The van der Waals surface area contributed by atoms with Gasteiger partial charge < -0.3 is 10.6 Å². The minimum absolute atomic E-state index is 0. The van der Waals surface area contributed by atoms with Gasteiger partial charge in [-0.25, -0.2) is 4.99 Å². The van der Waals surface area contributed by atoms with Crippen LogP contribution in [-0.2, 0) is 6.54 Å². The predicted octanol–water partition coefficient (Wildman–Crippen LogP) is 4.00. The van der Waals surface area contributed by atoms with E-state index in [2.05, 4.69) is 35.1 Å². The van der Waals surface area contributed by atoms with Crippen LogP contribution in [0.4, 0.5) is 0 Å². The molecule has 0 bridgehead atoms. The molecule has 1 aromatic heterocycles. The van der Waals surface area contributed by atoms with Gasteiger partial charge in [0.15, 0.2) is 5.96 Å². The molecule has 2 aliphatic rings. The zero-order valence-corrected chi connectivity index (χ0v) is 15.9. The van der Waals surface area contributed by atoms with Gasteiger partial charge >= 0.3 is 0 Å². The molecule has 0 aromatic carbocycles. The highest BCUT2D eigenvalue weighted by atomic mass is 127. The fraction of sp³-hybridized carbons (Fsp3) is 0.688. The maximum absolute atomic E-state index is 4.70. The van der Waals surface area contributed by atoms with Crippen LogP contribution in [0.15, 0.2) is 22.5 Å². The number of halogens is 1.